The van der Waals surface area contributed by atoms with Crippen molar-refractivity contribution in [2.24, 2.45) is 7.05 Å². The van der Waals surface area contributed by atoms with E-state index in [-0.39, 0.29) is 0 Å². The minimum absolute atomic E-state index is 0.743. The average Bonchev–Trinajstić information content (AvgIpc) is 2.98. The molecule has 19 heavy (non-hydrogen) atoms. The summed E-state index contributed by atoms with van der Waals surface area (Å²) in [6.07, 6.45) is 3.58. The van der Waals surface area contributed by atoms with Gasteiger partial charge in [-0.1, -0.05) is 23.7 Å². The molecule has 0 unspecified atom stereocenters. The van der Waals surface area contributed by atoms with E-state index in [0.29, 0.717) is 0 Å². The first kappa shape index (κ1) is 12.7. The molecule has 0 fully saturated rings. The van der Waals surface area contributed by atoms with E-state index in [1.165, 1.54) is 5.56 Å². The third-order valence-corrected chi connectivity index (χ3v) is 4.13. The third-order valence-electron chi connectivity index (χ3n) is 3.66. The van der Waals surface area contributed by atoms with Crippen molar-refractivity contribution >= 4 is 11.6 Å². The number of aromatic nitrogens is 3. The minimum Gasteiger partial charge on any atom is -0.364 e. The summed E-state index contributed by atoms with van der Waals surface area (Å²) in [4.78, 5) is 2.36. The van der Waals surface area contributed by atoms with Gasteiger partial charge in [-0.3, -0.25) is 9.58 Å². The summed E-state index contributed by atoms with van der Waals surface area (Å²) in [5.41, 5.74) is 4.50. The summed E-state index contributed by atoms with van der Waals surface area (Å²) in [7, 11) is 1.89. The van der Waals surface area contributed by atoms with Crippen LogP contribution < -0.4 is 0 Å². The van der Waals surface area contributed by atoms with Crippen molar-refractivity contribution in [2.75, 3.05) is 6.54 Å². The lowest BCUT2D eigenvalue weighted by Gasteiger charge is -2.25. The number of fused-ring (bicyclic) bond motifs is 1. The lowest BCUT2D eigenvalue weighted by molar-refractivity contribution is 0.244. The highest BCUT2D eigenvalue weighted by Gasteiger charge is 2.22. The molecule has 1 aliphatic rings. The highest BCUT2D eigenvalue weighted by molar-refractivity contribution is 6.30. The van der Waals surface area contributed by atoms with E-state index < -0.39 is 0 Å². The number of halogens is 1. The Hall–Kier alpha value is -1.33. The van der Waals surface area contributed by atoms with Gasteiger partial charge in [0.05, 0.1) is 11.4 Å². The van der Waals surface area contributed by atoms with Gasteiger partial charge in [-0.25, -0.2) is 0 Å². The molecule has 0 bridgehead atoms. The highest BCUT2D eigenvalue weighted by atomic mass is 35.5. The van der Waals surface area contributed by atoms with Crippen molar-refractivity contribution in [3.63, 3.8) is 0 Å². The smallest absolute Gasteiger partial charge is 0.131 e. The maximum atomic E-state index is 6.33. The number of nitrogens with zero attached hydrogens (tertiary/aromatic N) is 4. The molecule has 5 nitrogen and oxygen atoms in total. The first-order valence-corrected chi connectivity index (χ1v) is 6.91. The summed E-state index contributed by atoms with van der Waals surface area (Å²) in [5.74, 6) is 0. The average molecular weight is 281 g/mol. The van der Waals surface area contributed by atoms with Crippen LogP contribution in [0, 0.1) is 0 Å². The van der Waals surface area contributed by atoms with Crippen molar-refractivity contribution < 1.29 is 4.52 Å². The van der Waals surface area contributed by atoms with Crippen LogP contribution in [0.3, 0.4) is 0 Å². The Labute approximate surface area is 117 Å². The van der Waals surface area contributed by atoms with Gasteiger partial charge >= 0.3 is 0 Å². The summed E-state index contributed by atoms with van der Waals surface area (Å²) in [5, 5.41) is 9.21. The second kappa shape index (κ2) is 4.98. The molecule has 1 aliphatic heterocycles. The second-order valence-electron chi connectivity index (χ2n) is 4.94. The van der Waals surface area contributed by atoms with Crippen LogP contribution in [0.2, 0.25) is 5.15 Å². The monoisotopic (exact) mass is 280 g/mol. The molecule has 102 valence electrons. The van der Waals surface area contributed by atoms with Crippen LogP contribution in [-0.2, 0) is 33.0 Å². The number of rotatable bonds is 3. The zero-order chi connectivity index (χ0) is 13.4. The van der Waals surface area contributed by atoms with Gasteiger partial charge in [-0.05, 0) is 6.42 Å². The molecule has 0 aliphatic carbocycles. The fourth-order valence-electron chi connectivity index (χ4n) is 2.60. The molecule has 2 aromatic heterocycles. The molecule has 3 rings (SSSR count). The molecule has 0 radical (unpaired) electrons. The molecule has 0 amide bonds. The molecule has 2 aromatic rings. The van der Waals surface area contributed by atoms with E-state index in [1.54, 1.807) is 10.9 Å². The number of hydrogen-bond acceptors (Lipinski definition) is 4. The Morgan fingerprint density at radius 2 is 2.32 bits per heavy atom. The van der Waals surface area contributed by atoms with Gasteiger partial charge in [-0.15, -0.1) is 0 Å². The summed E-state index contributed by atoms with van der Waals surface area (Å²) < 4.78 is 6.77. The van der Waals surface area contributed by atoms with Crippen molar-refractivity contribution in [3.05, 3.63) is 33.9 Å². The van der Waals surface area contributed by atoms with E-state index in [1.807, 2.05) is 7.05 Å². The predicted octanol–water partition coefficient (Wildman–Crippen LogP) is 2.18. The van der Waals surface area contributed by atoms with Gasteiger partial charge in [0.25, 0.3) is 0 Å². The Balaban J connectivity index is 1.80. The number of aryl methyl sites for hydroxylation is 2. The van der Waals surface area contributed by atoms with E-state index in [0.717, 1.165) is 54.6 Å². The van der Waals surface area contributed by atoms with Crippen LogP contribution in [-0.4, -0.2) is 26.4 Å². The quantitative estimate of drug-likeness (QED) is 0.865. The van der Waals surface area contributed by atoms with Gasteiger partial charge in [0.2, 0.25) is 0 Å². The Kier molecular flexibility index (Phi) is 3.33. The molecular weight excluding hydrogens is 264 g/mol. The van der Waals surface area contributed by atoms with Crippen LogP contribution in [0.4, 0.5) is 0 Å². The van der Waals surface area contributed by atoms with Crippen molar-refractivity contribution in [1.82, 2.24) is 19.8 Å². The van der Waals surface area contributed by atoms with Crippen LogP contribution in [0.1, 0.15) is 29.4 Å². The molecule has 0 spiro atoms. The molecular formula is C13H17ClN4O. The van der Waals surface area contributed by atoms with Gasteiger partial charge in [0.15, 0.2) is 0 Å². The van der Waals surface area contributed by atoms with Gasteiger partial charge in [-0.2, -0.15) is 5.10 Å². The minimum atomic E-state index is 0.743. The summed E-state index contributed by atoms with van der Waals surface area (Å²) in [6, 6.07) is 0. The largest absolute Gasteiger partial charge is 0.364 e. The standard InChI is InChI=1S/C13H17ClN4O/c1-3-11-10(13(14)17(2)15-11)7-18-5-4-12-9(6-18)8-19-16-12/h8H,3-7H2,1-2H3. The van der Waals surface area contributed by atoms with Crippen molar-refractivity contribution in [2.45, 2.75) is 32.9 Å². The Bertz CT molecular complexity index is 589. The topological polar surface area (TPSA) is 47.1 Å². The second-order valence-corrected chi connectivity index (χ2v) is 5.30. The van der Waals surface area contributed by atoms with Crippen molar-refractivity contribution in [3.8, 4) is 0 Å². The van der Waals surface area contributed by atoms with Crippen LogP contribution in [0.15, 0.2) is 10.8 Å². The van der Waals surface area contributed by atoms with E-state index in [2.05, 4.69) is 22.1 Å². The summed E-state index contributed by atoms with van der Waals surface area (Å²) >= 11 is 6.33. The third kappa shape index (κ3) is 2.28. The van der Waals surface area contributed by atoms with Crippen molar-refractivity contribution in [1.29, 1.82) is 0 Å². The molecule has 0 saturated carbocycles. The maximum absolute atomic E-state index is 6.33. The molecule has 0 aromatic carbocycles. The number of hydrogen-bond donors (Lipinski definition) is 0. The Morgan fingerprint density at radius 1 is 1.47 bits per heavy atom. The van der Waals surface area contributed by atoms with Gasteiger partial charge in [0.1, 0.15) is 11.4 Å². The zero-order valence-electron chi connectivity index (χ0n) is 11.2. The van der Waals surface area contributed by atoms with E-state index >= 15 is 0 Å². The SMILES string of the molecule is CCc1nn(C)c(Cl)c1CN1CCc2nocc2C1. The van der Waals surface area contributed by atoms with Crippen LogP contribution >= 0.6 is 11.6 Å². The predicted molar refractivity (Wildman–Crippen MR) is 71.9 cm³/mol. The maximum Gasteiger partial charge on any atom is 0.131 e. The lowest BCUT2D eigenvalue weighted by atomic mass is 10.1. The molecule has 0 saturated heterocycles. The fourth-order valence-corrected chi connectivity index (χ4v) is 2.80. The zero-order valence-corrected chi connectivity index (χ0v) is 11.9. The first-order chi connectivity index (χ1) is 9.19. The fraction of sp³-hybridized carbons (Fsp3) is 0.538. The van der Waals surface area contributed by atoms with Crippen LogP contribution in [0.25, 0.3) is 0 Å². The van der Waals surface area contributed by atoms with Gasteiger partial charge in [0, 0.05) is 44.2 Å². The molecule has 0 atom stereocenters. The normalized spacial score (nSPS) is 15.7. The molecule has 0 N–H and O–H groups in total. The molecule has 6 heteroatoms. The van der Waals surface area contributed by atoms with E-state index in [9.17, 15) is 0 Å². The first-order valence-electron chi connectivity index (χ1n) is 6.53. The summed E-state index contributed by atoms with van der Waals surface area (Å²) in [6.45, 7) is 4.79. The van der Waals surface area contributed by atoms with E-state index in [4.69, 9.17) is 16.1 Å². The lowest BCUT2D eigenvalue weighted by Crippen LogP contribution is -2.30. The van der Waals surface area contributed by atoms with Gasteiger partial charge < -0.3 is 4.52 Å². The highest BCUT2D eigenvalue weighted by Crippen LogP contribution is 2.25. The van der Waals surface area contributed by atoms with Crippen LogP contribution in [0.5, 0.6) is 0 Å². The molecule has 3 heterocycles. The Morgan fingerprint density at radius 3 is 3.11 bits per heavy atom.